The van der Waals surface area contributed by atoms with Gasteiger partial charge in [0.2, 0.25) is 5.91 Å². The molecule has 0 aliphatic carbocycles. The van der Waals surface area contributed by atoms with E-state index in [1.165, 1.54) is 11.8 Å². The number of hydrogen-bond acceptors (Lipinski definition) is 6. The van der Waals surface area contributed by atoms with Crippen molar-refractivity contribution in [2.24, 2.45) is 0 Å². The number of amides is 3. The fourth-order valence-corrected chi connectivity index (χ4v) is 4.52. The second-order valence-corrected chi connectivity index (χ2v) is 9.24. The molecule has 4 rings (SSSR count). The number of aliphatic carboxylic acids is 1. The number of carbonyl (C=O) groups excluding carboxylic acids is 4. The minimum atomic E-state index is -1.43. The van der Waals surface area contributed by atoms with Gasteiger partial charge in [0.05, 0.1) is 12.8 Å². The van der Waals surface area contributed by atoms with Crippen LogP contribution in [0.1, 0.15) is 18.9 Å². The number of esters is 1. The number of para-hydroxylation sites is 1. The number of nitrogens with one attached hydrogen (secondary N) is 1. The fourth-order valence-electron chi connectivity index (χ4n) is 4.52. The van der Waals surface area contributed by atoms with E-state index in [0.717, 1.165) is 16.3 Å². The molecular formula is C29H29N3O7. The third-order valence-electron chi connectivity index (χ3n) is 6.63. The number of carboxylic acid groups (broad SMARTS) is 1. The molecule has 10 nitrogen and oxygen atoms in total. The summed E-state index contributed by atoms with van der Waals surface area (Å²) in [5.74, 6) is -3.41. The molecule has 2 N–H and O–H groups in total. The lowest BCUT2D eigenvalue weighted by Crippen LogP contribution is -2.52. The molecule has 3 amide bonds. The largest absolute Gasteiger partial charge is 0.481 e. The van der Waals surface area contributed by atoms with Gasteiger partial charge in [-0.3, -0.25) is 24.1 Å². The average molecular weight is 532 g/mol. The Morgan fingerprint density at radius 1 is 0.949 bits per heavy atom. The number of ketones is 1. The average Bonchev–Trinajstić information content (AvgIpc) is 3.32. The normalized spacial score (nSPS) is 14.6. The van der Waals surface area contributed by atoms with E-state index >= 15 is 0 Å². The number of carbonyl (C=O) groups is 5. The van der Waals surface area contributed by atoms with E-state index in [1.54, 1.807) is 35.2 Å². The number of rotatable bonds is 11. The Bertz CT molecular complexity index is 1390. The van der Waals surface area contributed by atoms with Gasteiger partial charge in [-0.25, -0.2) is 4.79 Å². The molecule has 3 aromatic carbocycles. The minimum absolute atomic E-state index is 0.0728. The third-order valence-corrected chi connectivity index (χ3v) is 6.63. The lowest BCUT2D eigenvalue weighted by molar-refractivity contribution is -0.148. The maximum atomic E-state index is 12.9. The van der Waals surface area contributed by atoms with Crippen LogP contribution >= 0.6 is 0 Å². The van der Waals surface area contributed by atoms with E-state index in [0.29, 0.717) is 12.2 Å². The zero-order valence-electron chi connectivity index (χ0n) is 21.4. The van der Waals surface area contributed by atoms with Crippen molar-refractivity contribution in [2.75, 3.05) is 24.6 Å². The summed E-state index contributed by atoms with van der Waals surface area (Å²) in [5, 5.41) is 13.6. The van der Waals surface area contributed by atoms with Gasteiger partial charge >= 0.3 is 18.0 Å². The van der Waals surface area contributed by atoms with E-state index in [9.17, 15) is 29.1 Å². The summed E-state index contributed by atoms with van der Waals surface area (Å²) in [6.07, 6.45) is -0.765. The van der Waals surface area contributed by atoms with Crippen LogP contribution in [0.4, 0.5) is 10.5 Å². The van der Waals surface area contributed by atoms with Crippen molar-refractivity contribution in [3.63, 3.8) is 0 Å². The summed E-state index contributed by atoms with van der Waals surface area (Å²) in [7, 11) is 0. The molecule has 39 heavy (non-hydrogen) atoms. The summed E-state index contributed by atoms with van der Waals surface area (Å²) in [4.78, 5) is 65.4. The molecule has 10 heteroatoms. The Hall–Kier alpha value is -4.73. The maximum Gasteiger partial charge on any atom is 0.325 e. The van der Waals surface area contributed by atoms with Crippen LogP contribution in [-0.2, 0) is 30.3 Å². The molecular weight excluding hydrogens is 502 g/mol. The molecule has 0 saturated carbocycles. The number of urea groups is 1. The van der Waals surface area contributed by atoms with Crippen molar-refractivity contribution >= 4 is 46.1 Å². The lowest BCUT2D eigenvalue weighted by atomic mass is 10.0. The second-order valence-electron chi connectivity index (χ2n) is 9.24. The standard InChI is InChI=1S/C29H29N3O7/c1-19(31-14-15-32(29(31)38)22-11-3-2-4-12-22)28(37)30-24(17-26(34)35)25(33)18-39-27(36)16-21-10-7-9-20-8-5-6-13-23(20)21/h2-13,19,24H,14-18H2,1H3,(H,30,37)(H,34,35). The molecule has 1 aliphatic heterocycles. The van der Waals surface area contributed by atoms with E-state index in [2.05, 4.69) is 5.32 Å². The molecule has 2 atom stereocenters. The molecule has 1 saturated heterocycles. The first-order chi connectivity index (χ1) is 18.7. The molecule has 0 aromatic heterocycles. The van der Waals surface area contributed by atoms with Crippen LogP contribution in [0.25, 0.3) is 10.8 Å². The third kappa shape index (κ3) is 6.59. The van der Waals surface area contributed by atoms with Gasteiger partial charge < -0.3 is 20.1 Å². The van der Waals surface area contributed by atoms with Crippen LogP contribution in [0.5, 0.6) is 0 Å². The van der Waals surface area contributed by atoms with Crippen LogP contribution in [0, 0.1) is 0 Å². The molecule has 0 spiro atoms. The van der Waals surface area contributed by atoms with Gasteiger partial charge in [-0.15, -0.1) is 0 Å². The summed E-state index contributed by atoms with van der Waals surface area (Å²) in [6.45, 7) is 1.48. The van der Waals surface area contributed by atoms with Gasteiger partial charge in [-0.1, -0.05) is 60.7 Å². The molecule has 2 unspecified atom stereocenters. The van der Waals surface area contributed by atoms with E-state index in [1.807, 2.05) is 42.5 Å². The smallest absolute Gasteiger partial charge is 0.325 e. The number of nitrogens with zero attached hydrogens (tertiary/aromatic N) is 2. The molecule has 1 fully saturated rings. The summed E-state index contributed by atoms with van der Waals surface area (Å²) in [5.41, 5.74) is 1.43. The highest BCUT2D eigenvalue weighted by Gasteiger charge is 2.37. The Morgan fingerprint density at radius 2 is 1.64 bits per heavy atom. The van der Waals surface area contributed by atoms with Crippen LogP contribution in [0.15, 0.2) is 72.8 Å². The SMILES string of the molecule is CC(C(=O)NC(CC(=O)O)C(=O)COC(=O)Cc1cccc2ccccc12)N1CCN(c2ccccc2)C1=O. The van der Waals surface area contributed by atoms with Crippen molar-refractivity contribution < 1.29 is 33.8 Å². The van der Waals surface area contributed by atoms with Gasteiger partial charge in [0.15, 0.2) is 12.4 Å². The fraction of sp³-hybridized carbons (Fsp3) is 0.276. The Labute approximate surface area is 225 Å². The van der Waals surface area contributed by atoms with Gasteiger partial charge in [0.1, 0.15) is 12.1 Å². The number of benzene rings is 3. The molecule has 3 aromatic rings. The Morgan fingerprint density at radius 3 is 2.38 bits per heavy atom. The van der Waals surface area contributed by atoms with Crippen molar-refractivity contribution in [2.45, 2.75) is 31.8 Å². The topological polar surface area (TPSA) is 133 Å². The lowest BCUT2D eigenvalue weighted by Gasteiger charge is -2.26. The number of anilines is 1. The van der Waals surface area contributed by atoms with Crippen LogP contribution in [0.3, 0.4) is 0 Å². The summed E-state index contributed by atoms with van der Waals surface area (Å²) < 4.78 is 5.14. The van der Waals surface area contributed by atoms with Crippen LogP contribution in [0.2, 0.25) is 0 Å². The highest BCUT2D eigenvalue weighted by Crippen LogP contribution is 2.22. The zero-order valence-corrected chi connectivity index (χ0v) is 21.4. The van der Waals surface area contributed by atoms with Crippen molar-refractivity contribution in [1.29, 1.82) is 0 Å². The first-order valence-corrected chi connectivity index (χ1v) is 12.5. The zero-order chi connectivity index (χ0) is 27.9. The first kappa shape index (κ1) is 27.3. The van der Waals surface area contributed by atoms with Gasteiger partial charge in [0, 0.05) is 18.8 Å². The molecule has 1 heterocycles. The van der Waals surface area contributed by atoms with Gasteiger partial charge in [0.25, 0.3) is 0 Å². The van der Waals surface area contributed by atoms with Gasteiger partial charge in [-0.05, 0) is 35.4 Å². The molecule has 1 aliphatic rings. The van der Waals surface area contributed by atoms with Crippen molar-refractivity contribution in [3.05, 3.63) is 78.4 Å². The second kappa shape index (κ2) is 12.2. The highest BCUT2D eigenvalue weighted by atomic mass is 16.5. The Balaban J connectivity index is 1.35. The predicted molar refractivity (Wildman–Crippen MR) is 143 cm³/mol. The number of hydrogen-bond donors (Lipinski definition) is 2. The van der Waals surface area contributed by atoms with Gasteiger partial charge in [-0.2, -0.15) is 0 Å². The monoisotopic (exact) mass is 531 g/mol. The van der Waals surface area contributed by atoms with Crippen LogP contribution in [-0.4, -0.2) is 71.4 Å². The van der Waals surface area contributed by atoms with Crippen molar-refractivity contribution in [3.8, 4) is 0 Å². The maximum absolute atomic E-state index is 12.9. The Kier molecular flexibility index (Phi) is 8.55. The quantitative estimate of drug-likeness (QED) is 0.364. The number of carboxylic acids is 1. The minimum Gasteiger partial charge on any atom is -0.481 e. The molecule has 202 valence electrons. The van der Waals surface area contributed by atoms with Crippen LogP contribution < -0.4 is 10.2 Å². The van der Waals surface area contributed by atoms with Crippen molar-refractivity contribution in [1.82, 2.24) is 10.2 Å². The highest BCUT2D eigenvalue weighted by molar-refractivity contribution is 5.99. The molecule has 0 bridgehead atoms. The summed E-state index contributed by atoms with van der Waals surface area (Å²) >= 11 is 0. The first-order valence-electron chi connectivity index (χ1n) is 12.5. The number of fused-ring (bicyclic) bond motifs is 1. The van der Waals surface area contributed by atoms with E-state index < -0.39 is 48.7 Å². The number of Topliss-reactive ketones (excluding diaryl/α,β-unsaturated/α-hetero) is 1. The predicted octanol–water partition coefficient (Wildman–Crippen LogP) is 2.78. The van der Waals surface area contributed by atoms with E-state index in [-0.39, 0.29) is 19.0 Å². The summed E-state index contributed by atoms with van der Waals surface area (Å²) in [6, 6.07) is 19.3. The number of ether oxygens (including phenoxy) is 1. The molecule has 0 radical (unpaired) electrons. The van der Waals surface area contributed by atoms with E-state index in [4.69, 9.17) is 4.74 Å².